The Morgan fingerprint density at radius 1 is 1.00 bits per heavy atom. The molecule has 5 nitrogen and oxygen atoms in total. The first-order valence-corrected chi connectivity index (χ1v) is 11.5. The number of carbonyl (C=O) groups excluding carboxylic acids is 1. The van der Waals surface area contributed by atoms with E-state index in [1.54, 1.807) is 54.9 Å². The van der Waals surface area contributed by atoms with Gasteiger partial charge in [-0.1, -0.05) is 48.0 Å². The zero-order chi connectivity index (χ0) is 25.9. The van der Waals surface area contributed by atoms with Crippen LogP contribution >= 0.6 is 11.6 Å². The average Bonchev–Trinajstić information content (AvgIpc) is 3.10. The molecule has 9 heteroatoms. The lowest BCUT2D eigenvalue weighted by Crippen LogP contribution is -2.14. The standard InChI is InChI=1S/C27H23ClF3N3O2/c1-17-25(18(2)34(33-17)15-19-7-6-10-22(14-19)27(29,30)31)32-26(35)21-9-5-8-20(13-21)16-36-24-12-4-3-11-23(24)28/h3-14H,15-16H2,1-2H3,(H,32,35). The summed E-state index contributed by atoms with van der Waals surface area (Å²) in [4.78, 5) is 13.0. The Labute approximate surface area is 211 Å². The van der Waals surface area contributed by atoms with Crippen molar-refractivity contribution in [1.29, 1.82) is 0 Å². The van der Waals surface area contributed by atoms with Crippen molar-refractivity contribution >= 4 is 23.2 Å². The van der Waals surface area contributed by atoms with E-state index >= 15 is 0 Å². The fourth-order valence-electron chi connectivity index (χ4n) is 3.76. The van der Waals surface area contributed by atoms with Gasteiger partial charge in [0, 0.05) is 5.56 Å². The fraction of sp³-hybridized carbons (Fsp3) is 0.185. The number of nitrogens with one attached hydrogen (secondary N) is 1. The number of alkyl halides is 3. The minimum atomic E-state index is -4.42. The number of benzene rings is 3. The maximum absolute atomic E-state index is 13.1. The predicted octanol–water partition coefficient (Wildman–Crippen LogP) is 7.05. The number of anilines is 1. The van der Waals surface area contributed by atoms with E-state index in [1.807, 2.05) is 18.2 Å². The number of halogens is 4. The molecule has 0 aliphatic carbocycles. The Balaban J connectivity index is 1.47. The fourth-order valence-corrected chi connectivity index (χ4v) is 3.95. The summed E-state index contributed by atoms with van der Waals surface area (Å²) in [6, 6.07) is 19.3. The van der Waals surface area contributed by atoms with Gasteiger partial charge in [-0.15, -0.1) is 0 Å². The molecular formula is C27H23ClF3N3O2. The zero-order valence-corrected chi connectivity index (χ0v) is 20.3. The first-order valence-electron chi connectivity index (χ1n) is 11.1. The molecule has 1 aromatic heterocycles. The van der Waals surface area contributed by atoms with Gasteiger partial charge in [0.2, 0.25) is 0 Å². The smallest absolute Gasteiger partial charge is 0.416 e. The number of carbonyl (C=O) groups is 1. The lowest BCUT2D eigenvalue weighted by atomic mass is 10.1. The maximum Gasteiger partial charge on any atom is 0.416 e. The van der Waals surface area contributed by atoms with Gasteiger partial charge in [0.1, 0.15) is 12.4 Å². The van der Waals surface area contributed by atoms with Gasteiger partial charge in [-0.25, -0.2) is 0 Å². The Kier molecular flexibility index (Phi) is 7.35. The van der Waals surface area contributed by atoms with Crippen molar-refractivity contribution in [2.75, 3.05) is 5.32 Å². The molecule has 0 aliphatic rings. The first kappa shape index (κ1) is 25.3. The molecule has 0 radical (unpaired) electrons. The molecule has 0 spiro atoms. The highest BCUT2D eigenvalue weighted by molar-refractivity contribution is 6.32. The van der Waals surface area contributed by atoms with Crippen LogP contribution in [0.15, 0.2) is 72.8 Å². The number of nitrogens with zero attached hydrogens (tertiary/aromatic N) is 2. The van der Waals surface area contributed by atoms with E-state index < -0.39 is 11.7 Å². The molecule has 0 saturated carbocycles. The summed E-state index contributed by atoms with van der Waals surface area (Å²) in [7, 11) is 0. The summed E-state index contributed by atoms with van der Waals surface area (Å²) in [5.41, 5.74) is 2.68. The summed E-state index contributed by atoms with van der Waals surface area (Å²) in [6.45, 7) is 3.87. The van der Waals surface area contributed by atoms with Crippen LogP contribution in [0, 0.1) is 13.8 Å². The van der Waals surface area contributed by atoms with E-state index in [-0.39, 0.29) is 19.1 Å². The molecule has 1 amide bonds. The van der Waals surface area contributed by atoms with Crippen LogP contribution < -0.4 is 10.1 Å². The van der Waals surface area contributed by atoms with Gasteiger partial charge < -0.3 is 10.1 Å². The van der Waals surface area contributed by atoms with Crippen molar-refractivity contribution in [2.45, 2.75) is 33.2 Å². The minimum Gasteiger partial charge on any atom is -0.487 e. The van der Waals surface area contributed by atoms with Gasteiger partial charge in [0.25, 0.3) is 5.91 Å². The van der Waals surface area contributed by atoms with Crippen LogP contribution in [0.3, 0.4) is 0 Å². The molecule has 1 N–H and O–H groups in total. The Bertz CT molecular complexity index is 1400. The molecule has 0 bridgehead atoms. The average molecular weight is 514 g/mol. The molecule has 0 unspecified atom stereocenters. The number of rotatable bonds is 7. The molecule has 4 aromatic rings. The van der Waals surface area contributed by atoms with Gasteiger partial charge in [-0.2, -0.15) is 18.3 Å². The van der Waals surface area contributed by atoms with Gasteiger partial charge in [0.15, 0.2) is 0 Å². The highest BCUT2D eigenvalue weighted by atomic mass is 35.5. The van der Waals surface area contributed by atoms with E-state index in [9.17, 15) is 18.0 Å². The van der Waals surface area contributed by atoms with E-state index in [0.717, 1.165) is 17.7 Å². The normalized spacial score (nSPS) is 11.4. The summed E-state index contributed by atoms with van der Waals surface area (Å²) >= 11 is 6.13. The van der Waals surface area contributed by atoms with Gasteiger partial charge in [0.05, 0.1) is 34.2 Å². The molecule has 186 valence electrons. The monoisotopic (exact) mass is 513 g/mol. The minimum absolute atomic E-state index is 0.140. The van der Waals surface area contributed by atoms with Crippen molar-refractivity contribution in [1.82, 2.24) is 9.78 Å². The third-order valence-electron chi connectivity index (χ3n) is 5.63. The van der Waals surface area contributed by atoms with Crippen LogP contribution in [0.4, 0.5) is 18.9 Å². The highest BCUT2D eigenvalue weighted by Gasteiger charge is 2.30. The second-order valence-corrected chi connectivity index (χ2v) is 8.68. The van der Waals surface area contributed by atoms with Gasteiger partial charge in [-0.05, 0) is 61.4 Å². The molecule has 0 fully saturated rings. The number of amides is 1. The van der Waals surface area contributed by atoms with Crippen LogP contribution in [0.5, 0.6) is 5.75 Å². The van der Waals surface area contributed by atoms with Crippen molar-refractivity contribution in [3.63, 3.8) is 0 Å². The number of aryl methyl sites for hydroxylation is 1. The van der Waals surface area contributed by atoms with Crippen molar-refractivity contribution in [2.24, 2.45) is 0 Å². The largest absolute Gasteiger partial charge is 0.487 e. The number of hydrogen-bond donors (Lipinski definition) is 1. The first-order chi connectivity index (χ1) is 17.1. The molecule has 0 atom stereocenters. The van der Waals surface area contributed by atoms with Crippen LogP contribution in [0.1, 0.15) is 38.4 Å². The molecule has 4 rings (SSSR count). The Morgan fingerprint density at radius 3 is 2.47 bits per heavy atom. The van der Waals surface area contributed by atoms with Gasteiger partial charge in [-0.3, -0.25) is 9.48 Å². The zero-order valence-electron chi connectivity index (χ0n) is 19.6. The molecule has 36 heavy (non-hydrogen) atoms. The van der Waals surface area contributed by atoms with Crippen molar-refractivity contribution in [3.05, 3.63) is 111 Å². The Morgan fingerprint density at radius 2 is 1.72 bits per heavy atom. The number of para-hydroxylation sites is 1. The third kappa shape index (κ3) is 5.88. The number of hydrogen-bond acceptors (Lipinski definition) is 3. The number of ether oxygens (including phenoxy) is 1. The Hall–Kier alpha value is -3.78. The molecule has 0 saturated heterocycles. The number of aromatic nitrogens is 2. The molecule has 0 aliphatic heterocycles. The summed E-state index contributed by atoms with van der Waals surface area (Å²) in [6.07, 6.45) is -4.42. The lowest BCUT2D eigenvalue weighted by molar-refractivity contribution is -0.137. The van der Waals surface area contributed by atoms with Crippen LogP contribution in [0.2, 0.25) is 5.02 Å². The van der Waals surface area contributed by atoms with Crippen molar-refractivity contribution in [3.8, 4) is 5.75 Å². The van der Waals surface area contributed by atoms with E-state index in [0.29, 0.717) is 39.0 Å². The van der Waals surface area contributed by atoms with Crippen LogP contribution in [0.25, 0.3) is 0 Å². The molecule has 1 heterocycles. The van der Waals surface area contributed by atoms with Gasteiger partial charge >= 0.3 is 6.18 Å². The lowest BCUT2D eigenvalue weighted by Gasteiger charge is -2.11. The van der Waals surface area contributed by atoms with E-state index in [1.165, 1.54) is 6.07 Å². The third-order valence-corrected chi connectivity index (χ3v) is 5.94. The highest BCUT2D eigenvalue weighted by Crippen LogP contribution is 2.30. The summed E-state index contributed by atoms with van der Waals surface area (Å²) in [5.74, 6) is 0.216. The maximum atomic E-state index is 13.1. The van der Waals surface area contributed by atoms with Crippen LogP contribution in [-0.4, -0.2) is 15.7 Å². The van der Waals surface area contributed by atoms with Crippen LogP contribution in [-0.2, 0) is 19.3 Å². The summed E-state index contributed by atoms with van der Waals surface area (Å²) in [5, 5.41) is 7.80. The SMILES string of the molecule is Cc1nn(Cc2cccc(C(F)(F)F)c2)c(C)c1NC(=O)c1cccc(COc2ccccc2Cl)c1. The second-order valence-electron chi connectivity index (χ2n) is 8.28. The molecule has 3 aromatic carbocycles. The van der Waals surface area contributed by atoms with Crippen molar-refractivity contribution < 1.29 is 22.7 Å². The topological polar surface area (TPSA) is 56.2 Å². The van der Waals surface area contributed by atoms with E-state index in [4.69, 9.17) is 16.3 Å². The van der Waals surface area contributed by atoms with E-state index in [2.05, 4.69) is 10.4 Å². The summed E-state index contributed by atoms with van der Waals surface area (Å²) < 4.78 is 46.5. The second kappa shape index (κ2) is 10.5. The predicted molar refractivity (Wildman–Crippen MR) is 132 cm³/mol. The quantitative estimate of drug-likeness (QED) is 0.288. The molecular weight excluding hydrogens is 491 g/mol.